The van der Waals surface area contributed by atoms with Crippen LogP contribution in [-0.2, 0) is 22.6 Å². The number of Topliss-reactive ketones (excluding diaryl/α,β-unsaturated/α-hetero) is 1. The number of fused-ring (bicyclic) bond motifs is 1. The molecule has 0 aliphatic carbocycles. The van der Waals surface area contributed by atoms with Gasteiger partial charge in [-0.15, -0.1) is 0 Å². The van der Waals surface area contributed by atoms with E-state index in [4.69, 9.17) is 18.9 Å². The SMILES string of the molecule is COc1cn(CC(=O)OCC(=O)c2cc(C)n(Cc3ccc4c(c3)OCO4)c2C)c(C)cc1=O. The number of benzene rings is 1. The minimum absolute atomic E-state index is 0.129. The molecule has 3 heterocycles. The van der Waals surface area contributed by atoms with Crippen LogP contribution in [0.2, 0.25) is 0 Å². The molecule has 0 atom stereocenters. The highest BCUT2D eigenvalue weighted by molar-refractivity contribution is 5.99. The van der Waals surface area contributed by atoms with E-state index in [1.807, 2.05) is 36.6 Å². The zero-order valence-electron chi connectivity index (χ0n) is 19.5. The molecule has 4 rings (SSSR count). The first-order chi connectivity index (χ1) is 16.3. The molecule has 0 radical (unpaired) electrons. The van der Waals surface area contributed by atoms with Crippen molar-refractivity contribution in [1.29, 1.82) is 0 Å². The summed E-state index contributed by atoms with van der Waals surface area (Å²) in [5.74, 6) is 0.685. The van der Waals surface area contributed by atoms with Crippen molar-refractivity contribution in [2.75, 3.05) is 20.5 Å². The Balaban J connectivity index is 1.41. The first kappa shape index (κ1) is 23.2. The van der Waals surface area contributed by atoms with Gasteiger partial charge in [-0.05, 0) is 44.5 Å². The van der Waals surface area contributed by atoms with Crippen molar-refractivity contribution in [3.05, 3.63) is 75.0 Å². The van der Waals surface area contributed by atoms with Gasteiger partial charge in [0.2, 0.25) is 18.0 Å². The van der Waals surface area contributed by atoms with E-state index in [9.17, 15) is 14.4 Å². The van der Waals surface area contributed by atoms with Crippen molar-refractivity contribution in [3.63, 3.8) is 0 Å². The fraction of sp³-hybridized carbons (Fsp3) is 0.320. The fourth-order valence-electron chi connectivity index (χ4n) is 3.93. The van der Waals surface area contributed by atoms with Crippen LogP contribution in [0.25, 0.3) is 0 Å². The summed E-state index contributed by atoms with van der Waals surface area (Å²) >= 11 is 0. The highest BCUT2D eigenvalue weighted by Gasteiger charge is 2.19. The average Bonchev–Trinajstić information content (AvgIpc) is 3.38. The third kappa shape index (κ3) is 4.68. The van der Waals surface area contributed by atoms with Gasteiger partial charge in [-0.1, -0.05) is 6.07 Å². The normalized spacial score (nSPS) is 12.0. The highest BCUT2D eigenvalue weighted by Crippen LogP contribution is 2.33. The van der Waals surface area contributed by atoms with E-state index in [-0.39, 0.29) is 36.9 Å². The molecule has 34 heavy (non-hydrogen) atoms. The van der Waals surface area contributed by atoms with E-state index in [1.54, 1.807) is 17.6 Å². The lowest BCUT2D eigenvalue weighted by Crippen LogP contribution is -2.21. The molecule has 1 aliphatic heterocycles. The Morgan fingerprint density at radius 3 is 2.56 bits per heavy atom. The second-order valence-corrected chi connectivity index (χ2v) is 8.12. The first-order valence-corrected chi connectivity index (χ1v) is 10.8. The molecule has 0 saturated carbocycles. The number of carbonyl (C=O) groups excluding carboxylic acids is 2. The zero-order chi connectivity index (χ0) is 24.4. The van der Waals surface area contributed by atoms with Crippen LogP contribution in [0.4, 0.5) is 0 Å². The predicted octanol–water partition coefficient (Wildman–Crippen LogP) is 2.79. The number of ether oxygens (including phenoxy) is 4. The molecule has 1 aliphatic rings. The number of aryl methyl sites for hydroxylation is 2. The number of carbonyl (C=O) groups is 2. The van der Waals surface area contributed by atoms with Crippen LogP contribution < -0.4 is 19.6 Å². The molecule has 0 amide bonds. The predicted molar refractivity (Wildman–Crippen MR) is 123 cm³/mol. The number of pyridine rings is 1. The maximum Gasteiger partial charge on any atom is 0.326 e. The standard InChI is InChI=1S/C25H26N2O7/c1-15-8-20(28)24(31-4)11-26(15)12-25(30)32-13-21(29)19-7-16(2)27(17(19)3)10-18-5-6-22-23(9-18)34-14-33-22/h5-9,11H,10,12-14H2,1-4H3. The molecule has 0 saturated heterocycles. The van der Waals surface area contributed by atoms with Gasteiger partial charge in [0.25, 0.3) is 0 Å². The van der Waals surface area contributed by atoms with Gasteiger partial charge in [-0.25, -0.2) is 0 Å². The zero-order valence-corrected chi connectivity index (χ0v) is 19.5. The number of ketones is 1. The third-order valence-electron chi connectivity index (χ3n) is 5.84. The topological polar surface area (TPSA) is 98.0 Å². The summed E-state index contributed by atoms with van der Waals surface area (Å²) < 4.78 is 24.6. The lowest BCUT2D eigenvalue weighted by molar-refractivity contribution is -0.143. The van der Waals surface area contributed by atoms with Gasteiger partial charge in [0.1, 0.15) is 6.54 Å². The number of aromatic nitrogens is 2. The molecular formula is C25H26N2O7. The monoisotopic (exact) mass is 466 g/mol. The van der Waals surface area contributed by atoms with Gasteiger partial charge in [0.05, 0.1) is 13.3 Å². The van der Waals surface area contributed by atoms with E-state index < -0.39 is 5.97 Å². The lowest BCUT2D eigenvalue weighted by Gasteiger charge is -2.12. The summed E-state index contributed by atoms with van der Waals surface area (Å²) in [6, 6.07) is 8.95. The molecule has 0 bridgehead atoms. The molecule has 0 fully saturated rings. The Hall–Kier alpha value is -4.01. The Kier molecular flexibility index (Phi) is 6.45. The van der Waals surface area contributed by atoms with E-state index in [1.165, 1.54) is 19.4 Å². The highest BCUT2D eigenvalue weighted by atomic mass is 16.7. The van der Waals surface area contributed by atoms with Crippen molar-refractivity contribution < 1.29 is 28.5 Å². The molecule has 0 spiro atoms. The summed E-state index contributed by atoms with van der Waals surface area (Å²) in [7, 11) is 1.39. The van der Waals surface area contributed by atoms with E-state index in [0.717, 1.165) is 22.7 Å². The van der Waals surface area contributed by atoms with Crippen molar-refractivity contribution >= 4 is 11.8 Å². The summed E-state index contributed by atoms with van der Waals surface area (Å²) in [5, 5.41) is 0. The van der Waals surface area contributed by atoms with Crippen LogP contribution in [0.5, 0.6) is 17.2 Å². The van der Waals surface area contributed by atoms with Crippen LogP contribution >= 0.6 is 0 Å². The van der Waals surface area contributed by atoms with Gasteiger partial charge in [0.15, 0.2) is 23.9 Å². The number of esters is 1. The minimum Gasteiger partial charge on any atom is -0.491 e. The van der Waals surface area contributed by atoms with Gasteiger partial charge >= 0.3 is 5.97 Å². The molecule has 9 heteroatoms. The van der Waals surface area contributed by atoms with E-state index in [0.29, 0.717) is 23.6 Å². The summed E-state index contributed by atoms with van der Waals surface area (Å²) in [6.45, 7) is 5.76. The molecular weight excluding hydrogens is 440 g/mol. The average molecular weight is 466 g/mol. The van der Waals surface area contributed by atoms with Crippen molar-refractivity contribution in [2.45, 2.75) is 33.9 Å². The van der Waals surface area contributed by atoms with Crippen LogP contribution in [-0.4, -0.2) is 41.4 Å². The quantitative estimate of drug-likeness (QED) is 0.372. The molecule has 1 aromatic carbocycles. The minimum atomic E-state index is -0.587. The second-order valence-electron chi connectivity index (χ2n) is 8.12. The third-order valence-corrected chi connectivity index (χ3v) is 5.84. The van der Waals surface area contributed by atoms with Gasteiger partial charge < -0.3 is 28.1 Å². The molecule has 0 unspecified atom stereocenters. The maximum absolute atomic E-state index is 12.8. The number of hydrogen-bond acceptors (Lipinski definition) is 7. The van der Waals surface area contributed by atoms with E-state index >= 15 is 0 Å². The van der Waals surface area contributed by atoms with Crippen molar-refractivity contribution in [1.82, 2.24) is 9.13 Å². The molecule has 178 valence electrons. The lowest BCUT2D eigenvalue weighted by atomic mass is 10.1. The maximum atomic E-state index is 12.8. The molecule has 2 aromatic heterocycles. The Bertz CT molecular complexity index is 1320. The second kappa shape index (κ2) is 9.46. The smallest absolute Gasteiger partial charge is 0.326 e. The van der Waals surface area contributed by atoms with Crippen LogP contribution in [0, 0.1) is 20.8 Å². The van der Waals surface area contributed by atoms with Crippen LogP contribution in [0.3, 0.4) is 0 Å². The van der Waals surface area contributed by atoms with Gasteiger partial charge in [-0.2, -0.15) is 0 Å². The molecule has 9 nitrogen and oxygen atoms in total. The van der Waals surface area contributed by atoms with Gasteiger partial charge in [0, 0.05) is 35.3 Å². The Labute approximate surface area is 196 Å². The molecule has 0 N–H and O–H groups in total. The Morgan fingerprint density at radius 2 is 1.79 bits per heavy atom. The molecule has 3 aromatic rings. The van der Waals surface area contributed by atoms with Crippen molar-refractivity contribution in [3.8, 4) is 17.2 Å². The number of methoxy groups -OCH3 is 1. The van der Waals surface area contributed by atoms with E-state index in [2.05, 4.69) is 0 Å². The number of hydrogen-bond donors (Lipinski definition) is 0. The van der Waals surface area contributed by atoms with Crippen LogP contribution in [0.1, 0.15) is 33.0 Å². The number of nitrogens with zero attached hydrogens (tertiary/aromatic N) is 2. The van der Waals surface area contributed by atoms with Crippen LogP contribution in [0.15, 0.2) is 41.3 Å². The van der Waals surface area contributed by atoms with Crippen molar-refractivity contribution in [2.24, 2.45) is 0 Å². The first-order valence-electron chi connectivity index (χ1n) is 10.8. The number of rotatable bonds is 8. The largest absolute Gasteiger partial charge is 0.491 e. The fourth-order valence-corrected chi connectivity index (χ4v) is 3.93. The summed E-state index contributed by atoms with van der Waals surface area (Å²) in [4.78, 5) is 36.9. The summed E-state index contributed by atoms with van der Waals surface area (Å²) in [5.41, 5.74) is 3.55. The van der Waals surface area contributed by atoms with Gasteiger partial charge in [-0.3, -0.25) is 14.4 Å². The Morgan fingerprint density at radius 1 is 1.03 bits per heavy atom. The summed E-state index contributed by atoms with van der Waals surface area (Å²) in [6.07, 6.45) is 1.45.